The molecule has 14 heavy (non-hydrogen) atoms. The number of benzene rings is 1. The lowest BCUT2D eigenvalue weighted by Gasteiger charge is -2.07. The molecule has 0 heterocycles. The molecule has 0 aliphatic rings. The average Bonchev–Trinajstić information content (AvgIpc) is 2.15. The Morgan fingerprint density at radius 3 is 2.86 bits per heavy atom. The topological polar surface area (TPSA) is 52.4 Å². The first kappa shape index (κ1) is 10.5. The van der Waals surface area contributed by atoms with Crippen LogP contribution >= 0.6 is 0 Å². The molecule has 0 aliphatic heterocycles. The van der Waals surface area contributed by atoms with Crippen molar-refractivity contribution < 1.29 is 9.66 Å². The smallest absolute Gasteiger partial charge is 0.281 e. The molecule has 0 aliphatic carbocycles. The predicted molar refractivity (Wildman–Crippen MR) is 52.3 cm³/mol. The standard InChI is InChI=1S/C10H12NO3/c1-8(2)7-14-10-5-3-4-9(6-10)11(12)13/h3-5,8H,7H2,1-2H3. The first-order chi connectivity index (χ1) is 6.59. The van der Waals surface area contributed by atoms with Gasteiger partial charge in [-0.3, -0.25) is 10.1 Å². The first-order valence-corrected chi connectivity index (χ1v) is 4.39. The van der Waals surface area contributed by atoms with Crippen molar-refractivity contribution in [3.8, 4) is 5.75 Å². The van der Waals surface area contributed by atoms with Crippen LogP contribution in [-0.2, 0) is 0 Å². The molecule has 0 atom stereocenters. The minimum Gasteiger partial charge on any atom is -0.492 e. The van der Waals surface area contributed by atoms with Crippen molar-refractivity contribution in [1.82, 2.24) is 0 Å². The molecule has 0 bridgehead atoms. The Morgan fingerprint density at radius 1 is 1.57 bits per heavy atom. The molecular weight excluding hydrogens is 182 g/mol. The Kier molecular flexibility index (Phi) is 3.45. The van der Waals surface area contributed by atoms with E-state index in [1.165, 1.54) is 6.07 Å². The third kappa shape index (κ3) is 3.05. The fourth-order valence-electron chi connectivity index (χ4n) is 0.883. The summed E-state index contributed by atoms with van der Waals surface area (Å²) >= 11 is 0. The zero-order valence-electron chi connectivity index (χ0n) is 8.19. The molecule has 1 aromatic rings. The summed E-state index contributed by atoms with van der Waals surface area (Å²) in [5, 5.41) is 10.4. The highest BCUT2D eigenvalue weighted by molar-refractivity contribution is 5.36. The van der Waals surface area contributed by atoms with Gasteiger partial charge in [0.2, 0.25) is 0 Å². The molecule has 0 N–H and O–H groups in total. The molecule has 0 aromatic heterocycles. The molecule has 4 nitrogen and oxygen atoms in total. The van der Waals surface area contributed by atoms with Crippen LogP contribution in [0.3, 0.4) is 0 Å². The van der Waals surface area contributed by atoms with Crippen molar-refractivity contribution >= 4 is 5.69 Å². The van der Waals surface area contributed by atoms with Crippen LogP contribution < -0.4 is 4.74 Å². The Labute approximate surface area is 82.7 Å². The monoisotopic (exact) mass is 194 g/mol. The normalized spacial score (nSPS) is 10.2. The van der Waals surface area contributed by atoms with Gasteiger partial charge in [-0.25, -0.2) is 0 Å². The van der Waals surface area contributed by atoms with Crippen LogP contribution in [0.4, 0.5) is 5.69 Å². The summed E-state index contributed by atoms with van der Waals surface area (Å²) in [5.74, 6) is 0.815. The molecule has 1 aromatic carbocycles. The van der Waals surface area contributed by atoms with Gasteiger partial charge in [-0.15, -0.1) is 0 Å². The van der Waals surface area contributed by atoms with Crippen LogP contribution in [-0.4, -0.2) is 11.5 Å². The van der Waals surface area contributed by atoms with Crippen molar-refractivity contribution in [1.29, 1.82) is 0 Å². The van der Waals surface area contributed by atoms with E-state index in [-0.39, 0.29) is 5.69 Å². The van der Waals surface area contributed by atoms with Crippen LogP contribution in [0.25, 0.3) is 0 Å². The number of rotatable bonds is 4. The fraction of sp³-hybridized carbons (Fsp3) is 0.400. The molecule has 0 saturated heterocycles. The van der Waals surface area contributed by atoms with Crippen molar-refractivity contribution in [3.63, 3.8) is 0 Å². The lowest BCUT2D eigenvalue weighted by Crippen LogP contribution is -2.04. The lowest BCUT2D eigenvalue weighted by molar-refractivity contribution is -0.385. The van der Waals surface area contributed by atoms with E-state index in [4.69, 9.17) is 4.74 Å². The Balaban J connectivity index is 2.69. The lowest BCUT2D eigenvalue weighted by atomic mass is 10.2. The quantitative estimate of drug-likeness (QED) is 0.546. The third-order valence-corrected chi connectivity index (χ3v) is 1.52. The van der Waals surface area contributed by atoms with Crippen molar-refractivity contribution in [2.75, 3.05) is 6.61 Å². The molecule has 1 radical (unpaired) electrons. The number of nitro benzene ring substituents is 1. The number of hydrogen-bond acceptors (Lipinski definition) is 3. The largest absolute Gasteiger partial charge is 0.492 e. The van der Waals surface area contributed by atoms with E-state index in [0.717, 1.165) is 0 Å². The van der Waals surface area contributed by atoms with Gasteiger partial charge >= 0.3 is 0 Å². The van der Waals surface area contributed by atoms with E-state index in [1.807, 2.05) is 13.8 Å². The van der Waals surface area contributed by atoms with Gasteiger partial charge < -0.3 is 4.74 Å². The van der Waals surface area contributed by atoms with Gasteiger partial charge in [0.25, 0.3) is 5.69 Å². The number of hydrogen-bond donors (Lipinski definition) is 0. The van der Waals surface area contributed by atoms with Gasteiger partial charge in [0.1, 0.15) is 11.8 Å². The fourth-order valence-corrected chi connectivity index (χ4v) is 0.883. The van der Waals surface area contributed by atoms with E-state index >= 15 is 0 Å². The van der Waals surface area contributed by atoms with Gasteiger partial charge in [-0.05, 0) is 12.0 Å². The maximum absolute atomic E-state index is 10.4. The highest BCUT2D eigenvalue weighted by Crippen LogP contribution is 2.18. The molecule has 0 amide bonds. The molecule has 0 fully saturated rings. The summed E-state index contributed by atoms with van der Waals surface area (Å²) in [6, 6.07) is 7.22. The van der Waals surface area contributed by atoms with E-state index in [9.17, 15) is 10.1 Å². The van der Waals surface area contributed by atoms with Crippen LogP contribution in [0.1, 0.15) is 13.8 Å². The summed E-state index contributed by atoms with van der Waals surface area (Å²) in [6.45, 7) is 4.56. The van der Waals surface area contributed by atoms with Crippen molar-refractivity contribution in [2.45, 2.75) is 13.8 Å². The third-order valence-electron chi connectivity index (χ3n) is 1.52. The Hall–Kier alpha value is -1.58. The molecule has 1 rings (SSSR count). The molecule has 0 saturated carbocycles. The summed E-state index contributed by atoms with van der Waals surface area (Å²) in [7, 11) is 0. The van der Waals surface area contributed by atoms with E-state index in [0.29, 0.717) is 18.3 Å². The maximum atomic E-state index is 10.4. The zero-order valence-corrected chi connectivity index (χ0v) is 8.19. The summed E-state index contributed by atoms with van der Waals surface area (Å²) < 4.78 is 5.30. The first-order valence-electron chi connectivity index (χ1n) is 4.39. The second-order valence-corrected chi connectivity index (χ2v) is 3.36. The SMILES string of the molecule is CC(C)COc1[c]c([N+](=O)[O-])ccc1. The predicted octanol–water partition coefficient (Wildman–Crippen LogP) is 2.43. The zero-order chi connectivity index (χ0) is 10.6. The van der Waals surface area contributed by atoms with E-state index < -0.39 is 4.92 Å². The molecule has 75 valence electrons. The van der Waals surface area contributed by atoms with Crippen LogP contribution in [0.5, 0.6) is 5.75 Å². The van der Waals surface area contributed by atoms with Crippen LogP contribution in [0, 0.1) is 22.1 Å². The highest BCUT2D eigenvalue weighted by atomic mass is 16.6. The Morgan fingerprint density at radius 2 is 2.29 bits per heavy atom. The number of ether oxygens (including phenoxy) is 1. The summed E-state index contributed by atoms with van der Waals surface area (Å²) in [5.41, 5.74) is -0.0637. The van der Waals surface area contributed by atoms with Crippen LogP contribution in [0.2, 0.25) is 0 Å². The number of nitro groups is 1. The van der Waals surface area contributed by atoms with Gasteiger partial charge in [0.15, 0.2) is 0 Å². The van der Waals surface area contributed by atoms with E-state index in [1.54, 1.807) is 12.1 Å². The maximum Gasteiger partial charge on any atom is 0.281 e. The molecule has 0 spiro atoms. The second-order valence-electron chi connectivity index (χ2n) is 3.36. The average molecular weight is 194 g/mol. The molecule has 4 heteroatoms. The number of nitrogens with zero attached hydrogens (tertiary/aromatic N) is 1. The Bertz CT molecular complexity index is 323. The minimum atomic E-state index is -0.484. The molecule has 0 unspecified atom stereocenters. The molecular formula is C10H12NO3. The van der Waals surface area contributed by atoms with E-state index in [2.05, 4.69) is 6.07 Å². The van der Waals surface area contributed by atoms with Gasteiger partial charge in [0, 0.05) is 6.07 Å². The summed E-state index contributed by atoms with van der Waals surface area (Å²) in [6.07, 6.45) is 0. The second kappa shape index (κ2) is 4.60. The van der Waals surface area contributed by atoms with Crippen molar-refractivity contribution in [2.24, 2.45) is 5.92 Å². The number of non-ortho nitro benzene ring substituents is 1. The highest BCUT2D eigenvalue weighted by Gasteiger charge is 2.07. The van der Waals surface area contributed by atoms with Gasteiger partial charge in [-0.1, -0.05) is 19.9 Å². The van der Waals surface area contributed by atoms with Crippen molar-refractivity contribution in [3.05, 3.63) is 34.4 Å². The summed E-state index contributed by atoms with van der Waals surface area (Å²) in [4.78, 5) is 9.93. The van der Waals surface area contributed by atoms with Gasteiger partial charge in [0.05, 0.1) is 11.5 Å². The van der Waals surface area contributed by atoms with Crippen LogP contribution in [0.15, 0.2) is 18.2 Å². The minimum absolute atomic E-state index is 0.0637. The van der Waals surface area contributed by atoms with Gasteiger partial charge in [-0.2, -0.15) is 0 Å².